The van der Waals surface area contributed by atoms with Crippen LogP contribution in [0.5, 0.6) is 0 Å². The predicted molar refractivity (Wildman–Crippen MR) is 140 cm³/mol. The Hall–Kier alpha value is -3.80. The number of hydrazone groups is 1. The zero-order valence-electron chi connectivity index (χ0n) is 19.1. The molecule has 0 radical (unpaired) electrons. The van der Waals surface area contributed by atoms with Crippen LogP contribution >= 0.6 is 11.8 Å². The van der Waals surface area contributed by atoms with Crippen LogP contribution in [0.15, 0.2) is 98.8 Å². The highest BCUT2D eigenvalue weighted by Gasteiger charge is 2.14. The number of nitrogens with two attached hydrogens (primary N) is 1. The van der Waals surface area contributed by atoms with Gasteiger partial charge < -0.3 is 0 Å². The SMILES string of the molecule is NS(=O)(=O)c1ccc(CCn2c(SCC(=O)N/N=C/c3ccccc3)nc3ccccc3c2=O)cc1. The highest BCUT2D eigenvalue weighted by Crippen LogP contribution is 2.19. The lowest BCUT2D eigenvalue weighted by Gasteiger charge is -2.13. The van der Waals surface area contributed by atoms with Crippen LogP contribution in [0.4, 0.5) is 0 Å². The Morgan fingerprint density at radius 2 is 1.72 bits per heavy atom. The number of primary sulfonamides is 1. The van der Waals surface area contributed by atoms with Gasteiger partial charge in [-0.15, -0.1) is 0 Å². The topological polar surface area (TPSA) is 137 Å². The molecular weight excluding hydrogens is 498 g/mol. The van der Waals surface area contributed by atoms with Gasteiger partial charge in [0.1, 0.15) is 0 Å². The molecule has 0 bridgehead atoms. The van der Waals surface area contributed by atoms with Crippen molar-refractivity contribution in [2.45, 2.75) is 23.0 Å². The molecule has 0 saturated heterocycles. The monoisotopic (exact) mass is 521 g/mol. The number of nitrogens with one attached hydrogen (secondary N) is 1. The number of aromatic nitrogens is 2. The lowest BCUT2D eigenvalue weighted by molar-refractivity contribution is -0.118. The van der Waals surface area contributed by atoms with Crippen molar-refractivity contribution >= 4 is 44.8 Å². The van der Waals surface area contributed by atoms with E-state index >= 15 is 0 Å². The Kier molecular flexibility index (Phi) is 7.93. The molecule has 0 aliphatic carbocycles. The quantitative estimate of drug-likeness (QED) is 0.150. The third kappa shape index (κ3) is 6.45. The first-order valence-corrected chi connectivity index (χ1v) is 13.5. The molecule has 11 heteroatoms. The summed E-state index contributed by atoms with van der Waals surface area (Å²) in [5.41, 5.74) is 4.49. The number of para-hydroxylation sites is 1. The molecule has 0 aliphatic rings. The zero-order valence-corrected chi connectivity index (χ0v) is 20.7. The van der Waals surface area contributed by atoms with Crippen LogP contribution in [0.3, 0.4) is 0 Å². The van der Waals surface area contributed by atoms with E-state index in [1.807, 2.05) is 30.3 Å². The van der Waals surface area contributed by atoms with E-state index in [0.29, 0.717) is 29.0 Å². The molecule has 0 atom stereocenters. The van der Waals surface area contributed by atoms with Crippen LogP contribution < -0.4 is 16.1 Å². The average Bonchev–Trinajstić information content (AvgIpc) is 2.87. The number of fused-ring (bicyclic) bond motifs is 1. The number of hydrogen-bond acceptors (Lipinski definition) is 7. The molecule has 0 unspecified atom stereocenters. The second-order valence-corrected chi connectivity index (χ2v) is 10.3. The largest absolute Gasteiger partial charge is 0.287 e. The van der Waals surface area contributed by atoms with Crippen LogP contribution in [0.2, 0.25) is 0 Å². The van der Waals surface area contributed by atoms with Crippen molar-refractivity contribution in [2.75, 3.05) is 5.75 Å². The first kappa shape index (κ1) is 25.3. The second-order valence-electron chi connectivity index (χ2n) is 7.80. The molecule has 36 heavy (non-hydrogen) atoms. The third-order valence-corrected chi connectivity index (χ3v) is 7.14. The fraction of sp³-hybridized carbons (Fsp3) is 0.120. The minimum atomic E-state index is -3.78. The van der Waals surface area contributed by atoms with E-state index in [2.05, 4.69) is 15.5 Å². The minimum absolute atomic E-state index is 0.0139. The van der Waals surface area contributed by atoms with Crippen molar-refractivity contribution in [1.82, 2.24) is 15.0 Å². The molecule has 0 spiro atoms. The maximum absolute atomic E-state index is 13.2. The maximum atomic E-state index is 13.2. The number of hydrogen-bond donors (Lipinski definition) is 2. The normalized spacial score (nSPS) is 11.7. The molecule has 0 fully saturated rings. The van der Waals surface area contributed by atoms with Crippen molar-refractivity contribution in [2.24, 2.45) is 10.2 Å². The fourth-order valence-corrected chi connectivity index (χ4v) is 4.76. The maximum Gasteiger partial charge on any atom is 0.262 e. The third-order valence-electron chi connectivity index (χ3n) is 5.24. The molecule has 184 valence electrons. The van der Waals surface area contributed by atoms with Gasteiger partial charge in [-0.3, -0.25) is 14.2 Å². The van der Waals surface area contributed by atoms with Crippen LogP contribution in [0, 0.1) is 0 Å². The molecule has 1 amide bonds. The van der Waals surface area contributed by atoms with Crippen molar-refractivity contribution in [3.8, 4) is 0 Å². The molecule has 0 saturated carbocycles. The van der Waals surface area contributed by atoms with E-state index in [-0.39, 0.29) is 22.1 Å². The summed E-state index contributed by atoms with van der Waals surface area (Å²) in [7, 11) is -3.78. The van der Waals surface area contributed by atoms with Gasteiger partial charge in [-0.25, -0.2) is 24.0 Å². The highest BCUT2D eigenvalue weighted by molar-refractivity contribution is 7.99. The van der Waals surface area contributed by atoms with Gasteiger partial charge in [-0.2, -0.15) is 5.10 Å². The summed E-state index contributed by atoms with van der Waals surface area (Å²) in [5, 5.41) is 10.0. The number of carbonyl (C=O) groups excluding carboxylic acids is 1. The number of rotatable bonds is 9. The van der Waals surface area contributed by atoms with E-state index in [4.69, 9.17) is 5.14 Å². The molecule has 1 heterocycles. The Labute approximate surface area is 212 Å². The molecule has 3 N–H and O–H groups in total. The Morgan fingerprint density at radius 1 is 1.03 bits per heavy atom. The standard InChI is InChI=1S/C25H23N5O4S2/c26-36(33,34)20-12-10-18(11-13-20)14-15-30-24(32)21-8-4-5-9-22(21)28-25(30)35-17-23(31)29-27-16-19-6-2-1-3-7-19/h1-13,16H,14-15,17H2,(H,29,31)(H2,26,33,34)/b27-16+. The van der Waals surface area contributed by atoms with Gasteiger partial charge in [-0.05, 0) is 41.8 Å². The first-order valence-electron chi connectivity index (χ1n) is 10.9. The summed E-state index contributed by atoms with van der Waals surface area (Å²) in [6.07, 6.45) is 2.00. The summed E-state index contributed by atoms with van der Waals surface area (Å²) < 4.78 is 24.5. The number of aryl methyl sites for hydroxylation is 1. The Morgan fingerprint density at radius 3 is 2.44 bits per heavy atom. The van der Waals surface area contributed by atoms with Gasteiger partial charge in [0, 0.05) is 6.54 Å². The van der Waals surface area contributed by atoms with Crippen molar-refractivity contribution < 1.29 is 13.2 Å². The van der Waals surface area contributed by atoms with E-state index in [0.717, 1.165) is 22.9 Å². The van der Waals surface area contributed by atoms with Gasteiger partial charge in [0.15, 0.2) is 5.16 Å². The first-order chi connectivity index (χ1) is 17.3. The minimum Gasteiger partial charge on any atom is -0.287 e. The summed E-state index contributed by atoms with van der Waals surface area (Å²) in [6, 6.07) is 22.6. The zero-order chi connectivity index (χ0) is 25.5. The summed E-state index contributed by atoms with van der Waals surface area (Å²) in [5.74, 6) is -0.320. The van der Waals surface area contributed by atoms with Gasteiger partial charge in [-0.1, -0.05) is 66.4 Å². The lowest BCUT2D eigenvalue weighted by atomic mass is 10.1. The second kappa shape index (κ2) is 11.3. The number of benzene rings is 3. The lowest BCUT2D eigenvalue weighted by Crippen LogP contribution is -2.26. The fourth-order valence-electron chi connectivity index (χ4n) is 3.42. The molecule has 0 aliphatic heterocycles. The molecule has 1 aromatic heterocycles. The molecule has 4 aromatic rings. The summed E-state index contributed by atoms with van der Waals surface area (Å²) in [6.45, 7) is 0.293. The smallest absolute Gasteiger partial charge is 0.262 e. The number of amides is 1. The summed E-state index contributed by atoms with van der Waals surface area (Å²) >= 11 is 1.14. The van der Waals surface area contributed by atoms with Crippen molar-refractivity contribution in [3.63, 3.8) is 0 Å². The van der Waals surface area contributed by atoms with Crippen molar-refractivity contribution in [3.05, 3.63) is 100 Å². The average molecular weight is 522 g/mol. The summed E-state index contributed by atoms with van der Waals surface area (Å²) in [4.78, 5) is 30.2. The van der Waals surface area contributed by atoms with Crippen LogP contribution in [-0.4, -0.2) is 35.8 Å². The number of nitrogens with zero attached hydrogens (tertiary/aromatic N) is 3. The Bertz CT molecular complexity index is 1570. The molecule has 9 nitrogen and oxygen atoms in total. The highest BCUT2D eigenvalue weighted by atomic mass is 32.2. The van der Waals surface area contributed by atoms with E-state index in [1.54, 1.807) is 42.6 Å². The Balaban J connectivity index is 1.50. The van der Waals surface area contributed by atoms with Crippen LogP contribution in [0.1, 0.15) is 11.1 Å². The predicted octanol–water partition coefficient (Wildman–Crippen LogP) is 2.53. The molecular formula is C25H23N5O4S2. The van der Waals surface area contributed by atoms with Gasteiger partial charge in [0.2, 0.25) is 10.0 Å². The van der Waals surface area contributed by atoms with E-state index < -0.39 is 10.0 Å². The van der Waals surface area contributed by atoms with Crippen molar-refractivity contribution in [1.29, 1.82) is 0 Å². The molecule has 3 aromatic carbocycles. The van der Waals surface area contributed by atoms with Crippen LogP contribution in [-0.2, 0) is 27.8 Å². The van der Waals surface area contributed by atoms with Gasteiger partial charge >= 0.3 is 0 Å². The number of thioether (sulfide) groups is 1. The molecule has 4 rings (SSSR count). The number of sulfonamides is 1. The van der Waals surface area contributed by atoms with Crippen LogP contribution in [0.25, 0.3) is 10.9 Å². The van der Waals surface area contributed by atoms with E-state index in [9.17, 15) is 18.0 Å². The number of carbonyl (C=O) groups is 1. The van der Waals surface area contributed by atoms with Gasteiger partial charge in [0.05, 0.1) is 27.8 Å². The van der Waals surface area contributed by atoms with E-state index in [1.165, 1.54) is 16.7 Å². The van der Waals surface area contributed by atoms with Gasteiger partial charge in [0.25, 0.3) is 11.5 Å².